The fourth-order valence-corrected chi connectivity index (χ4v) is 1.10. The first kappa shape index (κ1) is 13.9. The van der Waals surface area contributed by atoms with Gasteiger partial charge in [0.05, 0.1) is 18.6 Å². The van der Waals surface area contributed by atoms with Crippen LogP contribution in [0.5, 0.6) is 0 Å². The maximum atomic E-state index is 9.06. The molecule has 1 N–H and O–H groups in total. The molecule has 14 heavy (non-hydrogen) atoms. The number of rotatable bonds is 9. The minimum Gasteiger partial charge on any atom is -0.389 e. The van der Waals surface area contributed by atoms with E-state index >= 15 is 0 Å². The van der Waals surface area contributed by atoms with Gasteiger partial charge in [0, 0.05) is 6.61 Å². The molecule has 0 saturated carbocycles. The van der Waals surface area contributed by atoms with Gasteiger partial charge in [-0.2, -0.15) is 0 Å². The molecule has 0 spiro atoms. The van der Waals surface area contributed by atoms with Crippen LogP contribution in [0.1, 0.15) is 32.6 Å². The van der Waals surface area contributed by atoms with Crippen LogP contribution in [0.25, 0.3) is 0 Å². The summed E-state index contributed by atoms with van der Waals surface area (Å²) in [6.45, 7) is 3.20. The molecule has 0 fully saturated rings. The quantitative estimate of drug-likeness (QED) is 0.368. The third kappa shape index (κ3) is 10.0. The number of allylic oxidation sites excluding steroid dienone is 2. The molecule has 0 heterocycles. The Balaban J connectivity index is 3.02. The van der Waals surface area contributed by atoms with E-state index < -0.39 is 6.10 Å². The first-order chi connectivity index (χ1) is 6.81. The number of aliphatic hydroxyl groups excluding tert-OH is 1. The highest BCUT2D eigenvalue weighted by atomic mass is 35.5. The highest BCUT2D eigenvalue weighted by Crippen LogP contribution is 1.98. The van der Waals surface area contributed by atoms with E-state index in [2.05, 4.69) is 19.1 Å². The first-order valence-electron chi connectivity index (χ1n) is 5.28. The van der Waals surface area contributed by atoms with Crippen molar-refractivity contribution in [2.45, 2.75) is 38.7 Å². The summed E-state index contributed by atoms with van der Waals surface area (Å²) >= 11 is 5.41. The van der Waals surface area contributed by atoms with Crippen LogP contribution < -0.4 is 0 Å². The predicted molar refractivity (Wildman–Crippen MR) is 60.8 cm³/mol. The molecule has 0 aliphatic heterocycles. The molecular formula is C11H21ClO2. The summed E-state index contributed by atoms with van der Waals surface area (Å²) in [6.07, 6.45) is 8.28. The second-order valence-electron chi connectivity index (χ2n) is 3.26. The zero-order chi connectivity index (χ0) is 10.6. The lowest BCUT2D eigenvalue weighted by molar-refractivity contribution is 0.0464. The van der Waals surface area contributed by atoms with Crippen LogP contribution in [0.3, 0.4) is 0 Å². The van der Waals surface area contributed by atoms with E-state index in [0.717, 1.165) is 25.7 Å². The van der Waals surface area contributed by atoms with Gasteiger partial charge in [0.15, 0.2) is 0 Å². The number of aliphatic hydroxyl groups is 1. The van der Waals surface area contributed by atoms with Gasteiger partial charge in [-0.15, -0.1) is 11.6 Å². The molecule has 0 aliphatic rings. The standard InChI is InChI=1S/C11H21ClO2/c1-2-3-4-5-6-7-8-14-10-11(13)9-12/h3-4,11,13H,2,5-10H2,1H3/t11-/m1/s1. The van der Waals surface area contributed by atoms with Gasteiger partial charge in [-0.05, 0) is 25.7 Å². The molecule has 0 aromatic carbocycles. The maximum Gasteiger partial charge on any atom is 0.0908 e. The van der Waals surface area contributed by atoms with E-state index in [0.29, 0.717) is 13.2 Å². The number of halogens is 1. The monoisotopic (exact) mass is 220 g/mol. The number of alkyl halides is 1. The highest BCUT2D eigenvalue weighted by molar-refractivity contribution is 6.18. The Labute approximate surface area is 91.9 Å². The molecule has 2 nitrogen and oxygen atoms in total. The third-order valence-electron chi connectivity index (χ3n) is 1.80. The van der Waals surface area contributed by atoms with Crippen LogP contribution in [0, 0.1) is 0 Å². The van der Waals surface area contributed by atoms with Crippen molar-refractivity contribution in [3.63, 3.8) is 0 Å². The molecule has 0 saturated heterocycles. The summed E-state index contributed by atoms with van der Waals surface area (Å²) in [4.78, 5) is 0. The Morgan fingerprint density at radius 1 is 1.36 bits per heavy atom. The second kappa shape index (κ2) is 11.0. The topological polar surface area (TPSA) is 29.5 Å². The van der Waals surface area contributed by atoms with Gasteiger partial charge < -0.3 is 9.84 Å². The number of hydrogen-bond donors (Lipinski definition) is 1. The summed E-state index contributed by atoms with van der Waals surface area (Å²) in [5.41, 5.74) is 0. The molecular weight excluding hydrogens is 200 g/mol. The number of unbranched alkanes of at least 4 members (excludes halogenated alkanes) is 2. The lowest BCUT2D eigenvalue weighted by Crippen LogP contribution is -2.17. The van der Waals surface area contributed by atoms with Crippen LogP contribution in [-0.2, 0) is 4.74 Å². The van der Waals surface area contributed by atoms with Crippen LogP contribution in [0.4, 0.5) is 0 Å². The van der Waals surface area contributed by atoms with E-state index in [9.17, 15) is 0 Å². The molecule has 0 bridgehead atoms. The highest BCUT2D eigenvalue weighted by Gasteiger charge is 2.00. The Kier molecular flexibility index (Phi) is 11.0. The van der Waals surface area contributed by atoms with Crippen molar-refractivity contribution in [1.29, 1.82) is 0 Å². The molecule has 1 atom stereocenters. The van der Waals surface area contributed by atoms with Gasteiger partial charge >= 0.3 is 0 Å². The van der Waals surface area contributed by atoms with Crippen molar-refractivity contribution >= 4 is 11.6 Å². The van der Waals surface area contributed by atoms with Gasteiger partial charge in [-0.1, -0.05) is 19.1 Å². The molecule has 0 aromatic rings. The Morgan fingerprint density at radius 2 is 2.14 bits per heavy atom. The average Bonchev–Trinajstić information content (AvgIpc) is 2.21. The fraction of sp³-hybridized carbons (Fsp3) is 0.818. The minimum atomic E-state index is -0.517. The van der Waals surface area contributed by atoms with E-state index in [1.807, 2.05) is 0 Å². The SMILES string of the molecule is CCC=CCCCCOC[C@H](O)CCl. The fourth-order valence-electron chi connectivity index (χ4n) is 1.01. The van der Waals surface area contributed by atoms with Crippen molar-refractivity contribution in [2.24, 2.45) is 0 Å². The third-order valence-corrected chi connectivity index (χ3v) is 2.16. The molecule has 0 radical (unpaired) electrons. The predicted octanol–water partition coefficient (Wildman–Crippen LogP) is 2.74. The first-order valence-corrected chi connectivity index (χ1v) is 5.81. The summed E-state index contributed by atoms with van der Waals surface area (Å²) in [6, 6.07) is 0. The van der Waals surface area contributed by atoms with Gasteiger partial charge in [-0.3, -0.25) is 0 Å². The Morgan fingerprint density at radius 3 is 2.79 bits per heavy atom. The summed E-state index contributed by atoms with van der Waals surface area (Å²) in [7, 11) is 0. The van der Waals surface area contributed by atoms with Crippen LogP contribution in [-0.4, -0.2) is 30.3 Å². The van der Waals surface area contributed by atoms with Gasteiger partial charge in [0.1, 0.15) is 0 Å². The van der Waals surface area contributed by atoms with E-state index in [4.69, 9.17) is 21.4 Å². The van der Waals surface area contributed by atoms with Crippen molar-refractivity contribution in [1.82, 2.24) is 0 Å². The molecule has 84 valence electrons. The van der Waals surface area contributed by atoms with E-state index in [1.165, 1.54) is 0 Å². The zero-order valence-electron chi connectivity index (χ0n) is 8.92. The van der Waals surface area contributed by atoms with Crippen LogP contribution in [0.2, 0.25) is 0 Å². The minimum absolute atomic E-state index is 0.249. The molecule has 0 unspecified atom stereocenters. The molecule has 0 rings (SSSR count). The number of hydrogen-bond acceptors (Lipinski definition) is 2. The van der Waals surface area contributed by atoms with Crippen molar-refractivity contribution < 1.29 is 9.84 Å². The van der Waals surface area contributed by atoms with Crippen LogP contribution >= 0.6 is 11.6 Å². The van der Waals surface area contributed by atoms with E-state index in [1.54, 1.807) is 0 Å². The largest absolute Gasteiger partial charge is 0.389 e. The molecule has 3 heteroatoms. The lowest BCUT2D eigenvalue weighted by atomic mass is 10.2. The van der Waals surface area contributed by atoms with Crippen molar-refractivity contribution in [2.75, 3.05) is 19.1 Å². The number of ether oxygens (including phenoxy) is 1. The average molecular weight is 221 g/mol. The molecule has 0 aliphatic carbocycles. The van der Waals surface area contributed by atoms with Crippen LogP contribution in [0.15, 0.2) is 12.2 Å². The maximum absolute atomic E-state index is 9.06. The second-order valence-corrected chi connectivity index (χ2v) is 3.57. The smallest absolute Gasteiger partial charge is 0.0908 e. The van der Waals surface area contributed by atoms with E-state index in [-0.39, 0.29) is 5.88 Å². The summed E-state index contributed by atoms with van der Waals surface area (Å²) in [5, 5.41) is 9.06. The summed E-state index contributed by atoms with van der Waals surface area (Å²) < 4.78 is 5.23. The van der Waals surface area contributed by atoms with Crippen molar-refractivity contribution in [3.8, 4) is 0 Å². The Hall–Kier alpha value is -0.0500. The lowest BCUT2D eigenvalue weighted by Gasteiger charge is -2.07. The normalized spacial score (nSPS) is 13.6. The Bertz CT molecular complexity index is 137. The zero-order valence-corrected chi connectivity index (χ0v) is 9.67. The van der Waals surface area contributed by atoms with Crippen molar-refractivity contribution in [3.05, 3.63) is 12.2 Å². The summed E-state index contributed by atoms with van der Waals surface area (Å²) in [5.74, 6) is 0.249. The van der Waals surface area contributed by atoms with Gasteiger partial charge in [-0.25, -0.2) is 0 Å². The van der Waals surface area contributed by atoms with Gasteiger partial charge in [0.25, 0.3) is 0 Å². The molecule has 0 amide bonds. The molecule has 0 aromatic heterocycles. The van der Waals surface area contributed by atoms with Gasteiger partial charge in [0.2, 0.25) is 0 Å².